The first kappa shape index (κ1) is 16.0. The molecule has 0 aromatic heterocycles. The van der Waals surface area contributed by atoms with E-state index in [1.807, 2.05) is 42.5 Å². The van der Waals surface area contributed by atoms with E-state index in [2.05, 4.69) is 6.07 Å². The summed E-state index contributed by atoms with van der Waals surface area (Å²) in [6.07, 6.45) is 0.752. The number of rotatable bonds is 4. The molecule has 122 valence electrons. The van der Waals surface area contributed by atoms with Crippen molar-refractivity contribution in [1.29, 1.82) is 0 Å². The number of nitrogens with zero attached hydrogens (tertiary/aromatic N) is 1. The van der Waals surface area contributed by atoms with E-state index in [1.54, 1.807) is 18.3 Å². The van der Waals surface area contributed by atoms with E-state index in [-0.39, 0.29) is 11.8 Å². The van der Waals surface area contributed by atoms with E-state index < -0.39 is 10.0 Å². The van der Waals surface area contributed by atoms with Crippen molar-refractivity contribution >= 4 is 10.0 Å². The lowest BCUT2D eigenvalue weighted by Crippen LogP contribution is -2.41. The highest BCUT2D eigenvalue weighted by Gasteiger charge is 2.35. The highest BCUT2D eigenvalue weighted by Crippen LogP contribution is 2.37. The fourth-order valence-corrected chi connectivity index (χ4v) is 4.40. The molecule has 0 saturated carbocycles. The molecule has 1 aliphatic rings. The van der Waals surface area contributed by atoms with Gasteiger partial charge < -0.3 is 4.74 Å². The Morgan fingerprint density at radius 1 is 1.13 bits per heavy atom. The highest BCUT2D eigenvalue weighted by atomic mass is 32.2. The molecule has 1 aliphatic heterocycles. The zero-order valence-electron chi connectivity index (χ0n) is 13.4. The number of ether oxygens (including phenoxy) is 1. The Balaban J connectivity index is 2.12. The zero-order valence-corrected chi connectivity index (χ0v) is 14.2. The number of fused-ring (bicyclic) bond motifs is 1. The first-order valence-corrected chi connectivity index (χ1v) is 9.39. The van der Waals surface area contributed by atoms with Crippen LogP contribution in [0.3, 0.4) is 0 Å². The van der Waals surface area contributed by atoms with Gasteiger partial charge in [0.15, 0.2) is 0 Å². The minimum Gasteiger partial charge on any atom is -0.497 e. The number of hydrogen-bond acceptors (Lipinski definition) is 3. The maximum atomic E-state index is 12.6. The Labute approximate surface area is 137 Å². The second kappa shape index (κ2) is 6.34. The molecule has 0 aliphatic carbocycles. The Kier molecular flexibility index (Phi) is 4.41. The average Bonchev–Trinajstić information content (AvgIpc) is 2.60. The van der Waals surface area contributed by atoms with Crippen molar-refractivity contribution in [3.63, 3.8) is 0 Å². The molecule has 1 unspecified atom stereocenters. The monoisotopic (exact) mass is 331 g/mol. The van der Waals surface area contributed by atoms with Crippen molar-refractivity contribution in [1.82, 2.24) is 4.31 Å². The summed E-state index contributed by atoms with van der Waals surface area (Å²) in [7, 11) is -1.65. The number of sulfonamides is 1. The summed E-state index contributed by atoms with van der Waals surface area (Å²) >= 11 is 0. The van der Waals surface area contributed by atoms with Crippen molar-refractivity contribution in [3.05, 3.63) is 65.2 Å². The summed E-state index contributed by atoms with van der Waals surface area (Å²) in [5, 5.41) is 0. The molecule has 0 amide bonds. The Hall–Kier alpha value is -1.85. The van der Waals surface area contributed by atoms with Crippen molar-refractivity contribution < 1.29 is 13.2 Å². The third-order valence-electron chi connectivity index (χ3n) is 4.39. The first-order valence-electron chi connectivity index (χ1n) is 7.78. The first-order chi connectivity index (χ1) is 11.1. The van der Waals surface area contributed by atoms with E-state index in [0.717, 1.165) is 23.3 Å². The van der Waals surface area contributed by atoms with Crippen LogP contribution in [0, 0.1) is 0 Å². The minimum atomic E-state index is -3.27. The third-order valence-corrected chi connectivity index (χ3v) is 6.23. The quantitative estimate of drug-likeness (QED) is 0.865. The molecule has 23 heavy (non-hydrogen) atoms. The van der Waals surface area contributed by atoms with Gasteiger partial charge in [0.2, 0.25) is 10.0 Å². The van der Waals surface area contributed by atoms with Gasteiger partial charge in [-0.2, -0.15) is 4.31 Å². The molecular weight excluding hydrogens is 310 g/mol. The van der Waals surface area contributed by atoms with E-state index in [0.29, 0.717) is 6.54 Å². The zero-order chi connectivity index (χ0) is 16.4. The van der Waals surface area contributed by atoms with Gasteiger partial charge in [-0.25, -0.2) is 8.42 Å². The number of methoxy groups -OCH3 is 1. The summed E-state index contributed by atoms with van der Waals surface area (Å²) in [4.78, 5) is 0. The van der Waals surface area contributed by atoms with Crippen LogP contribution in [0.2, 0.25) is 0 Å². The Bertz CT molecular complexity index is 784. The maximum Gasteiger partial charge on any atom is 0.214 e. The van der Waals surface area contributed by atoms with E-state index in [9.17, 15) is 8.42 Å². The molecule has 2 aromatic carbocycles. The third kappa shape index (κ3) is 2.99. The number of benzene rings is 2. The van der Waals surface area contributed by atoms with Crippen molar-refractivity contribution in [2.24, 2.45) is 0 Å². The summed E-state index contributed by atoms with van der Waals surface area (Å²) < 4.78 is 32.0. The molecule has 0 spiro atoms. The van der Waals surface area contributed by atoms with Crippen LogP contribution in [-0.2, 0) is 16.4 Å². The predicted molar refractivity (Wildman–Crippen MR) is 91.1 cm³/mol. The van der Waals surface area contributed by atoms with Crippen LogP contribution in [0.1, 0.15) is 29.7 Å². The van der Waals surface area contributed by atoms with E-state index >= 15 is 0 Å². The lowest BCUT2D eigenvalue weighted by molar-refractivity contribution is 0.344. The summed E-state index contributed by atoms with van der Waals surface area (Å²) in [6.45, 7) is 2.21. The van der Waals surface area contributed by atoms with Crippen molar-refractivity contribution in [3.8, 4) is 5.75 Å². The van der Waals surface area contributed by atoms with Gasteiger partial charge in [0, 0.05) is 6.54 Å². The van der Waals surface area contributed by atoms with Gasteiger partial charge in [0.1, 0.15) is 5.75 Å². The molecule has 0 fully saturated rings. The van der Waals surface area contributed by atoms with Crippen LogP contribution >= 0.6 is 0 Å². The normalized spacial score (nSPS) is 18.4. The molecule has 2 aromatic rings. The Morgan fingerprint density at radius 3 is 2.48 bits per heavy atom. The van der Waals surface area contributed by atoms with Gasteiger partial charge in [-0.15, -0.1) is 0 Å². The van der Waals surface area contributed by atoms with Crippen molar-refractivity contribution in [2.75, 3.05) is 19.4 Å². The lowest BCUT2D eigenvalue weighted by Gasteiger charge is -2.36. The highest BCUT2D eigenvalue weighted by molar-refractivity contribution is 7.89. The fourth-order valence-electron chi connectivity index (χ4n) is 3.14. The summed E-state index contributed by atoms with van der Waals surface area (Å²) in [5.41, 5.74) is 3.26. The van der Waals surface area contributed by atoms with E-state index in [4.69, 9.17) is 4.74 Å². The summed E-state index contributed by atoms with van der Waals surface area (Å²) in [6, 6.07) is 15.5. The van der Waals surface area contributed by atoms with E-state index in [1.165, 1.54) is 5.56 Å². The van der Waals surface area contributed by atoms with Gasteiger partial charge in [-0.3, -0.25) is 0 Å². The van der Waals surface area contributed by atoms with Gasteiger partial charge in [0.25, 0.3) is 0 Å². The molecule has 0 N–H and O–H groups in total. The molecule has 0 saturated heterocycles. The standard InChI is InChI=1S/C18H21NO3S/c1-3-23(20,21)19-13-12-14-6-4-5-7-17(14)18(19)15-8-10-16(22-2)11-9-15/h4-11,18H,3,12-13H2,1-2H3. The molecule has 0 bridgehead atoms. The van der Waals surface area contributed by atoms with Crippen LogP contribution < -0.4 is 4.74 Å². The SMILES string of the molecule is CCS(=O)(=O)N1CCc2ccccc2C1c1ccc(OC)cc1. The average molecular weight is 331 g/mol. The van der Waals surface area contributed by atoms with Crippen LogP contribution in [-0.4, -0.2) is 32.1 Å². The molecule has 3 rings (SSSR count). The van der Waals surface area contributed by atoms with Gasteiger partial charge in [-0.05, 0) is 42.2 Å². The molecular formula is C18H21NO3S. The van der Waals surface area contributed by atoms with Crippen molar-refractivity contribution in [2.45, 2.75) is 19.4 Å². The van der Waals surface area contributed by atoms with Crippen LogP contribution in [0.4, 0.5) is 0 Å². The second-order valence-corrected chi connectivity index (χ2v) is 7.85. The van der Waals surface area contributed by atoms with Crippen LogP contribution in [0.25, 0.3) is 0 Å². The predicted octanol–water partition coefficient (Wildman–Crippen LogP) is 2.99. The van der Waals surface area contributed by atoms with Gasteiger partial charge >= 0.3 is 0 Å². The van der Waals surface area contributed by atoms with Crippen LogP contribution in [0.15, 0.2) is 48.5 Å². The second-order valence-electron chi connectivity index (χ2n) is 5.64. The largest absolute Gasteiger partial charge is 0.497 e. The molecule has 0 radical (unpaired) electrons. The van der Waals surface area contributed by atoms with Gasteiger partial charge in [0.05, 0.1) is 18.9 Å². The minimum absolute atomic E-state index is 0.113. The lowest BCUT2D eigenvalue weighted by atomic mass is 9.90. The number of hydrogen-bond donors (Lipinski definition) is 0. The summed E-state index contributed by atoms with van der Waals surface area (Å²) in [5.74, 6) is 0.879. The fraction of sp³-hybridized carbons (Fsp3) is 0.333. The Morgan fingerprint density at radius 2 is 1.83 bits per heavy atom. The smallest absolute Gasteiger partial charge is 0.214 e. The molecule has 1 atom stereocenters. The maximum absolute atomic E-state index is 12.6. The molecule has 1 heterocycles. The molecule has 4 nitrogen and oxygen atoms in total. The molecule has 5 heteroatoms. The van der Waals surface area contributed by atoms with Gasteiger partial charge in [-0.1, -0.05) is 36.4 Å². The van der Waals surface area contributed by atoms with Crippen LogP contribution in [0.5, 0.6) is 5.75 Å². The topological polar surface area (TPSA) is 46.6 Å².